The summed E-state index contributed by atoms with van der Waals surface area (Å²) in [5.41, 5.74) is 1.91. The lowest BCUT2D eigenvalue weighted by molar-refractivity contribution is -0.384. The van der Waals surface area contributed by atoms with Crippen LogP contribution in [0.4, 0.5) is 22.7 Å². The van der Waals surface area contributed by atoms with E-state index in [1.165, 1.54) is 12.1 Å². The van der Waals surface area contributed by atoms with Crippen molar-refractivity contribution in [2.75, 3.05) is 28.6 Å². The highest BCUT2D eigenvalue weighted by Gasteiger charge is 2.23. The van der Waals surface area contributed by atoms with Gasteiger partial charge in [-0.25, -0.2) is 0 Å². The molecule has 0 atom stereocenters. The van der Waals surface area contributed by atoms with Gasteiger partial charge in [0, 0.05) is 43.0 Å². The Labute approximate surface area is 175 Å². The van der Waals surface area contributed by atoms with Crippen LogP contribution in [0.2, 0.25) is 0 Å². The van der Waals surface area contributed by atoms with E-state index in [-0.39, 0.29) is 17.2 Å². The van der Waals surface area contributed by atoms with Gasteiger partial charge in [0.2, 0.25) is 5.91 Å². The number of carbonyl (C=O) groups is 2. The van der Waals surface area contributed by atoms with E-state index in [0.29, 0.717) is 29.4 Å². The average Bonchev–Trinajstić information content (AvgIpc) is 2.74. The number of nitro benzene ring substituents is 1. The lowest BCUT2D eigenvalue weighted by Crippen LogP contribution is -2.34. The maximum Gasteiger partial charge on any atom is 0.270 e. The molecule has 158 valence electrons. The predicted molar refractivity (Wildman–Crippen MR) is 117 cm³/mol. The Bertz CT molecular complexity index is 952. The molecule has 1 fully saturated rings. The van der Waals surface area contributed by atoms with Crippen molar-refractivity contribution in [2.45, 2.75) is 33.1 Å². The third-order valence-corrected chi connectivity index (χ3v) is 5.29. The van der Waals surface area contributed by atoms with Crippen LogP contribution in [0.1, 0.15) is 43.5 Å². The van der Waals surface area contributed by atoms with Gasteiger partial charge in [-0.2, -0.15) is 0 Å². The van der Waals surface area contributed by atoms with E-state index in [2.05, 4.69) is 22.5 Å². The molecule has 0 saturated carbocycles. The van der Waals surface area contributed by atoms with Crippen molar-refractivity contribution in [2.24, 2.45) is 5.92 Å². The van der Waals surface area contributed by atoms with Gasteiger partial charge in [-0.3, -0.25) is 19.7 Å². The molecule has 30 heavy (non-hydrogen) atoms. The number of nitrogens with one attached hydrogen (secondary N) is 2. The van der Waals surface area contributed by atoms with Crippen molar-refractivity contribution in [3.8, 4) is 0 Å². The lowest BCUT2D eigenvalue weighted by atomic mass is 9.98. The summed E-state index contributed by atoms with van der Waals surface area (Å²) < 4.78 is 0. The van der Waals surface area contributed by atoms with Crippen molar-refractivity contribution in [3.05, 3.63) is 58.1 Å². The van der Waals surface area contributed by atoms with E-state index in [0.717, 1.165) is 25.9 Å². The summed E-state index contributed by atoms with van der Waals surface area (Å²) >= 11 is 0. The molecule has 2 amide bonds. The molecule has 8 heteroatoms. The third-order valence-electron chi connectivity index (χ3n) is 5.29. The van der Waals surface area contributed by atoms with Gasteiger partial charge in [-0.15, -0.1) is 0 Å². The number of hydrogen-bond donors (Lipinski definition) is 2. The smallest absolute Gasteiger partial charge is 0.270 e. The van der Waals surface area contributed by atoms with Crippen LogP contribution < -0.4 is 15.5 Å². The van der Waals surface area contributed by atoms with Gasteiger partial charge >= 0.3 is 0 Å². The maximum atomic E-state index is 13.1. The highest BCUT2D eigenvalue weighted by atomic mass is 16.6. The number of rotatable bonds is 6. The summed E-state index contributed by atoms with van der Waals surface area (Å²) in [7, 11) is 0. The molecule has 2 aromatic carbocycles. The predicted octanol–water partition coefficient (Wildman–Crippen LogP) is 4.43. The van der Waals surface area contributed by atoms with Crippen LogP contribution in [0.3, 0.4) is 0 Å². The molecular weight excluding hydrogens is 384 g/mol. The Hall–Kier alpha value is -3.42. The second-order valence-electron chi connectivity index (χ2n) is 7.56. The molecule has 3 rings (SSSR count). The molecule has 0 bridgehead atoms. The van der Waals surface area contributed by atoms with E-state index >= 15 is 0 Å². The maximum absolute atomic E-state index is 13.1. The summed E-state index contributed by atoms with van der Waals surface area (Å²) in [6, 6.07) is 11.2. The molecule has 0 aromatic heterocycles. The van der Waals surface area contributed by atoms with Crippen LogP contribution in [0.15, 0.2) is 42.5 Å². The number of nitro groups is 1. The highest BCUT2D eigenvalue weighted by Crippen LogP contribution is 2.30. The largest absolute Gasteiger partial charge is 0.371 e. The average molecular weight is 410 g/mol. The number of amides is 2. The van der Waals surface area contributed by atoms with Gasteiger partial charge in [0.05, 0.1) is 16.2 Å². The van der Waals surface area contributed by atoms with Crippen LogP contribution >= 0.6 is 0 Å². The summed E-state index contributed by atoms with van der Waals surface area (Å²) in [6.45, 7) is 5.56. The zero-order valence-corrected chi connectivity index (χ0v) is 17.2. The molecule has 8 nitrogen and oxygen atoms in total. The monoisotopic (exact) mass is 410 g/mol. The number of carbonyl (C=O) groups excluding carboxylic acids is 2. The van der Waals surface area contributed by atoms with Gasteiger partial charge in [0.1, 0.15) is 0 Å². The van der Waals surface area contributed by atoms with Crippen LogP contribution in [0.5, 0.6) is 0 Å². The van der Waals surface area contributed by atoms with Crippen molar-refractivity contribution < 1.29 is 14.5 Å². The number of nitrogens with zero attached hydrogens (tertiary/aromatic N) is 2. The first-order chi connectivity index (χ1) is 14.4. The first kappa shape index (κ1) is 21.3. The Morgan fingerprint density at radius 1 is 1.10 bits per heavy atom. The molecule has 0 spiro atoms. The van der Waals surface area contributed by atoms with E-state index in [1.807, 2.05) is 0 Å². The zero-order chi connectivity index (χ0) is 21.7. The van der Waals surface area contributed by atoms with Crippen molar-refractivity contribution in [3.63, 3.8) is 0 Å². The normalized spacial score (nSPS) is 14.3. The van der Waals surface area contributed by atoms with Crippen molar-refractivity contribution in [1.82, 2.24) is 0 Å². The number of anilines is 3. The van der Waals surface area contributed by atoms with E-state index in [9.17, 15) is 19.7 Å². The van der Waals surface area contributed by atoms with E-state index < -0.39 is 10.8 Å². The fraction of sp³-hybridized carbons (Fsp3) is 0.364. The Kier molecular flexibility index (Phi) is 6.66. The van der Waals surface area contributed by atoms with Gasteiger partial charge in [-0.05, 0) is 43.0 Å². The second kappa shape index (κ2) is 9.39. The van der Waals surface area contributed by atoms with E-state index in [1.54, 1.807) is 37.3 Å². The molecule has 2 aromatic rings. The van der Waals surface area contributed by atoms with Gasteiger partial charge in [0.25, 0.3) is 11.6 Å². The summed E-state index contributed by atoms with van der Waals surface area (Å²) in [5.74, 6) is 0.0720. The van der Waals surface area contributed by atoms with Crippen LogP contribution in [-0.4, -0.2) is 29.8 Å². The van der Waals surface area contributed by atoms with Crippen LogP contribution in [-0.2, 0) is 4.79 Å². The lowest BCUT2D eigenvalue weighted by Gasteiger charge is -2.33. The fourth-order valence-corrected chi connectivity index (χ4v) is 3.47. The van der Waals surface area contributed by atoms with Crippen molar-refractivity contribution >= 4 is 34.6 Å². The van der Waals surface area contributed by atoms with Gasteiger partial charge < -0.3 is 15.5 Å². The minimum Gasteiger partial charge on any atom is -0.371 e. The van der Waals surface area contributed by atoms with E-state index in [4.69, 9.17) is 0 Å². The standard InChI is InChI=1S/C22H26N4O4/c1-3-21(27)23-16-5-4-6-17(13-16)24-22(28)19-14-18(26(29)30)7-8-20(19)25-11-9-15(2)10-12-25/h4-8,13-15H,3,9-12H2,1-2H3,(H,23,27)(H,24,28). The van der Waals surface area contributed by atoms with Crippen LogP contribution in [0, 0.1) is 16.0 Å². The second-order valence-corrected chi connectivity index (χ2v) is 7.56. The highest BCUT2D eigenvalue weighted by molar-refractivity contribution is 6.09. The summed E-state index contributed by atoms with van der Waals surface area (Å²) in [6.07, 6.45) is 2.37. The quantitative estimate of drug-likeness (QED) is 0.541. The number of benzene rings is 2. The molecule has 0 unspecified atom stereocenters. The topological polar surface area (TPSA) is 105 Å². The minimum atomic E-state index is -0.500. The number of hydrogen-bond acceptors (Lipinski definition) is 5. The SMILES string of the molecule is CCC(=O)Nc1cccc(NC(=O)c2cc([N+](=O)[O-])ccc2N2CCC(C)CC2)c1. The molecule has 0 radical (unpaired) electrons. The van der Waals surface area contributed by atoms with Crippen LogP contribution in [0.25, 0.3) is 0 Å². The molecule has 1 heterocycles. The third kappa shape index (κ3) is 5.14. The Morgan fingerprint density at radius 3 is 2.40 bits per heavy atom. The molecular formula is C22H26N4O4. The molecule has 1 aliphatic heterocycles. The number of non-ortho nitro benzene ring substituents is 1. The number of piperidine rings is 1. The zero-order valence-electron chi connectivity index (χ0n) is 17.2. The minimum absolute atomic E-state index is 0.126. The molecule has 1 aliphatic rings. The molecule has 1 saturated heterocycles. The van der Waals surface area contributed by atoms with Gasteiger partial charge in [0.15, 0.2) is 0 Å². The Balaban J connectivity index is 1.87. The van der Waals surface area contributed by atoms with Crippen molar-refractivity contribution in [1.29, 1.82) is 0 Å². The first-order valence-electron chi connectivity index (χ1n) is 10.1. The van der Waals surface area contributed by atoms with Gasteiger partial charge in [-0.1, -0.05) is 19.9 Å². The summed E-state index contributed by atoms with van der Waals surface area (Å²) in [5, 5.41) is 16.8. The first-order valence-corrected chi connectivity index (χ1v) is 10.1. The fourth-order valence-electron chi connectivity index (χ4n) is 3.47. The molecule has 2 N–H and O–H groups in total. The molecule has 0 aliphatic carbocycles. The summed E-state index contributed by atoms with van der Waals surface area (Å²) in [4.78, 5) is 37.5. The Morgan fingerprint density at radius 2 is 1.77 bits per heavy atom.